The van der Waals surface area contributed by atoms with Crippen molar-refractivity contribution in [1.29, 1.82) is 0 Å². The molecule has 1 aliphatic rings. The quantitative estimate of drug-likeness (QED) is 0.519. The zero-order valence-electron chi connectivity index (χ0n) is 8.59. The zero-order valence-corrected chi connectivity index (χ0v) is 8.59. The maximum Gasteiger partial charge on any atom is 0.231 e. The van der Waals surface area contributed by atoms with Crippen LogP contribution in [0.1, 0.15) is 26.7 Å². The van der Waals surface area contributed by atoms with E-state index in [0.717, 1.165) is 0 Å². The number of carbonyl (C=O) groups is 2. The first-order valence-corrected chi connectivity index (χ1v) is 4.70. The summed E-state index contributed by atoms with van der Waals surface area (Å²) in [6, 6.07) is 0. The summed E-state index contributed by atoms with van der Waals surface area (Å²) in [5, 5.41) is 2.55. The molecule has 1 rings (SSSR count). The first kappa shape index (κ1) is 10.8. The molecule has 1 fully saturated rings. The molecule has 1 unspecified atom stereocenters. The summed E-state index contributed by atoms with van der Waals surface area (Å²) in [6.45, 7) is 4.20. The summed E-state index contributed by atoms with van der Waals surface area (Å²) in [5.41, 5.74) is -0.0464. The van der Waals surface area contributed by atoms with Gasteiger partial charge in [0.25, 0.3) is 0 Å². The molecule has 0 spiro atoms. The van der Waals surface area contributed by atoms with Crippen molar-refractivity contribution in [1.82, 2.24) is 5.32 Å². The largest absolute Gasteiger partial charge is 0.345 e. The third-order valence-electron chi connectivity index (χ3n) is 2.48. The number of hydrogen-bond donors (Lipinski definition) is 1. The summed E-state index contributed by atoms with van der Waals surface area (Å²) in [4.78, 5) is 23.0. The molecular weight excluding hydrogens is 178 g/mol. The molecule has 0 aromatic carbocycles. The Morgan fingerprint density at radius 3 is 2.79 bits per heavy atom. The Morgan fingerprint density at radius 2 is 2.36 bits per heavy atom. The molecule has 1 amide bonds. The number of ketones is 1. The fourth-order valence-electron chi connectivity index (χ4n) is 1.83. The van der Waals surface area contributed by atoms with Crippen LogP contribution in [0.5, 0.6) is 0 Å². The lowest BCUT2D eigenvalue weighted by atomic mass is 9.90. The lowest BCUT2D eigenvalue weighted by molar-refractivity contribution is -0.132. The van der Waals surface area contributed by atoms with Crippen molar-refractivity contribution in [2.24, 2.45) is 11.3 Å². The minimum atomic E-state index is -0.488. The Balaban J connectivity index is 2.58. The second-order valence-electron chi connectivity index (χ2n) is 4.49. The predicted octanol–water partition coefficient (Wildman–Crippen LogP) is 0.741. The molecule has 0 heterocycles. The first-order valence-electron chi connectivity index (χ1n) is 4.70. The first-order chi connectivity index (χ1) is 6.46. The van der Waals surface area contributed by atoms with Gasteiger partial charge in [-0.05, 0) is 11.8 Å². The van der Waals surface area contributed by atoms with Gasteiger partial charge in [-0.1, -0.05) is 19.8 Å². The van der Waals surface area contributed by atoms with E-state index in [0.29, 0.717) is 12.8 Å². The van der Waals surface area contributed by atoms with Crippen molar-refractivity contribution in [3.05, 3.63) is 0 Å². The van der Waals surface area contributed by atoms with Crippen LogP contribution in [0.15, 0.2) is 0 Å². The number of hydrogen-bond acceptors (Lipinski definition) is 2. The van der Waals surface area contributed by atoms with E-state index in [-0.39, 0.29) is 23.7 Å². The van der Waals surface area contributed by atoms with Gasteiger partial charge in [0.05, 0.1) is 12.5 Å². The highest BCUT2D eigenvalue weighted by molar-refractivity contribution is 6.03. The van der Waals surface area contributed by atoms with Crippen LogP contribution in [0.3, 0.4) is 0 Å². The molecule has 3 heteroatoms. The second kappa shape index (κ2) is 3.83. The number of Topliss-reactive ketones (excluding diaryl/α,β-unsaturated/α-hetero) is 1. The van der Waals surface area contributed by atoms with Crippen molar-refractivity contribution in [3.63, 3.8) is 0 Å². The lowest BCUT2D eigenvalue weighted by Gasteiger charge is -2.14. The summed E-state index contributed by atoms with van der Waals surface area (Å²) in [5.74, 6) is 1.64. The fraction of sp³-hybridized carbons (Fsp3) is 0.636. The maximum absolute atomic E-state index is 11.5. The summed E-state index contributed by atoms with van der Waals surface area (Å²) >= 11 is 0. The number of rotatable bonds is 2. The van der Waals surface area contributed by atoms with E-state index >= 15 is 0 Å². The van der Waals surface area contributed by atoms with Crippen LogP contribution in [0.4, 0.5) is 0 Å². The van der Waals surface area contributed by atoms with Gasteiger partial charge >= 0.3 is 0 Å². The highest BCUT2D eigenvalue weighted by atomic mass is 16.2. The van der Waals surface area contributed by atoms with E-state index in [1.54, 1.807) is 0 Å². The van der Waals surface area contributed by atoms with Crippen molar-refractivity contribution in [3.8, 4) is 12.3 Å². The standard InChI is InChI=1S/C11H15NO2/c1-4-5-12-10(14)8-6-11(2,3)7-9(8)13/h1,8H,5-7H2,2-3H3,(H,12,14). The smallest absolute Gasteiger partial charge is 0.231 e. The van der Waals surface area contributed by atoms with Gasteiger partial charge in [-0.3, -0.25) is 9.59 Å². The van der Waals surface area contributed by atoms with Crippen LogP contribution in [0.2, 0.25) is 0 Å². The Kier molecular flexibility index (Phi) is 2.95. The van der Waals surface area contributed by atoms with Crippen LogP contribution in [0, 0.1) is 23.7 Å². The van der Waals surface area contributed by atoms with E-state index in [1.165, 1.54) is 0 Å². The molecule has 0 bridgehead atoms. The average molecular weight is 193 g/mol. The number of carbonyl (C=O) groups excluding carboxylic acids is 2. The van der Waals surface area contributed by atoms with E-state index in [2.05, 4.69) is 11.2 Å². The minimum Gasteiger partial charge on any atom is -0.345 e. The van der Waals surface area contributed by atoms with E-state index in [9.17, 15) is 9.59 Å². The van der Waals surface area contributed by atoms with Crippen LogP contribution < -0.4 is 5.32 Å². The van der Waals surface area contributed by atoms with Crippen LogP contribution in [-0.4, -0.2) is 18.2 Å². The van der Waals surface area contributed by atoms with Gasteiger partial charge in [0.1, 0.15) is 5.78 Å². The van der Waals surface area contributed by atoms with Crippen molar-refractivity contribution in [2.75, 3.05) is 6.54 Å². The summed E-state index contributed by atoms with van der Waals surface area (Å²) in [7, 11) is 0. The summed E-state index contributed by atoms with van der Waals surface area (Å²) in [6.07, 6.45) is 6.13. The van der Waals surface area contributed by atoms with Gasteiger partial charge in [-0.15, -0.1) is 6.42 Å². The monoisotopic (exact) mass is 193 g/mol. The van der Waals surface area contributed by atoms with Crippen molar-refractivity contribution < 1.29 is 9.59 Å². The molecular formula is C11H15NO2. The normalized spacial score (nSPS) is 24.4. The van der Waals surface area contributed by atoms with Gasteiger partial charge < -0.3 is 5.32 Å². The van der Waals surface area contributed by atoms with Gasteiger partial charge in [-0.2, -0.15) is 0 Å². The average Bonchev–Trinajstić information content (AvgIpc) is 2.35. The van der Waals surface area contributed by atoms with Crippen molar-refractivity contribution in [2.45, 2.75) is 26.7 Å². The van der Waals surface area contributed by atoms with E-state index in [1.807, 2.05) is 13.8 Å². The van der Waals surface area contributed by atoms with E-state index in [4.69, 9.17) is 6.42 Å². The van der Waals surface area contributed by atoms with Crippen LogP contribution in [-0.2, 0) is 9.59 Å². The van der Waals surface area contributed by atoms with Crippen LogP contribution >= 0.6 is 0 Å². The summed E-state index contributed by atoms with van der Waals surface area (Å²) < 4.78 is 0. The second-order valence-corrected chi connectivity index (χ2v) is 4.49. The Bertz CT molecular complexity index is 299. The third-order valence-corrected chi connectivity index (χ3v) is 2.48. The molecule has 76 valence electrons. The molecule has 0 radical (unpaired) electrons. The number of amides is 1. The van der Waals surface area contributed by atoms with Crippen LogP contribution in [0.25, 0.3) is 0 Å². The Hall–Kier alpha value is -1.30. The maximum atomic E-state index is 11.5. The molecule has 0 saturated heterocycles. The third kappa shape index (κ3) is 2.35. The SMILES string of the molecule is C#CCNC(=O)C1CC(C)(C)CC1=O. The predicted molar refractivity (Wildman–Crippen MR) is 53.4 cm³/mol. The molecule has 3 nitrogen and oxygen atoms in total. The zero-order chi connectivity index (χ0) is 10.8. The van der Waals surface area contributed by atoms with E-state index < -0.39 is 5.92 Å². The fourth-order valence-corrected chi connectivity index (χ4v) is 1.83. The molecule has 0 aliphatic heterocycles. The Labute approximate surface area is 84.3 Å². The molecule has 1 atom stereocenters. The highest BCUT2D eigenvalue weighted by Gasteiger charge is 2.41. The topological polar surface area (TPSA) is 46.2 Å². The van der Waals surface area contributed by atoms with Gasteiger partial charge in [0, 0.05) is 6.42 Å². The van der Waals surface area contributed by atoms with Crippen molar-refractivity contribution >= 4 is 11.7 Å². The van der Waals surface area contributed by atoms with Gasteiger partial charge in [-0.25, -0.2) is 0 Å². The molecule has 1 saturated carbocycles. The van der Waals surface area contributed by atoms with Gasteiger partial charge in [0.2, 0.25) is 5.91 Å². The highest BCUT2D eigenvalue weighted by Crippen LogP contribution is 2.38. The lowest BCUT2D eigenvalue weighted by Crippen LogP contribution is -2.33. The number of nitrogens with one attached hydrogen (secondary N) is 1. The Morgan fingerprint density at radius 1 is 1.71 bits per heavy atom. The molecule has 0 aromatic heterocycles. The minimum absolute atomic E-state index is 0.0320. The number of terminal acetylenes is 1. The molecule has 1 N–H and O–H groups in total. The molecule has 0 aromatic rings. The molecule has 14 heavy (non-hydrogen) atoms. The van der Waals surface area contributed by atoms with Gasteiger partial charge in [0.15, 0.2) is 0 Å². The molecule has 1 aliphatic carbocycles.